The molecule has 5 amide bonds. The molecule has 0 spiro atoms. The van der Waals surface area contributed by atoms with E-state index >= 15 is 0 Å². The maximum absolute atomic E-state index is 13.3. The van der Waals surface area contributed by atoms with Crippen LogP contribution in [0.1, 0.15) is 39.5 Å². The highest BCUT2D eigenvalue weighted by atomic mass is 16.3. The standard InChI is InChI=1S/C23H41N9O6/c1-4-8-28-22(37)29-9-6-5-7-15(19(34)20(26)35)30-21(36)16-10-14(13-31(16)18(33)12-25)32(27)17(11-24)23(2,3)38/h1,11,14-16,19,34,38H,5-10,12-13,24-25,27H2,2-3H3,(H2,26,35)(H,30,36)(H2,28,29,37)/b17-11-. The number of carbonyl (C=O) groups is 4. The molecule has 0 aromatic heterocycles. The first-order chi connectivity index (χ1) is 17.8. The number of unbranched alkanes of at least 4 members (excludes halogenated alkanes) is 1. The number of carbonyl (C=O) groups excluding carboxylic acids is 4. The molecule has 0 aromatic carbocycles. The lowest BCUT2D eigenvalue weighted by Gasteiger charge is -2.34. The first-order valence-corrected chi connectivity index (χ1v) is 12.2. The number of hydrazine groups is 1. The molecule has 15 heteroatoms. The van der Waals surface area contributed by atoms with Crippen LogP contribution < -0.4 is 39.0 Å². The van der Waals surface area contributed by atoms with E-state index in [-0.39, 0.29) is 44.7 Å². The van der Waals surface area contributed by atoms with E-state index < -0.39 is 53.6 Å². The number of hydrogen-bond acceptors (Lipinski definition) is 10. The Labute approximate surface area is 222 Å². The number of nitrogens with one attached hydrogen (secondary N) is 3. The van der Waals surface area contributed by atoms with Crippen molar-refractivity contribution in [3.63, 3.8) is 0 Å². The van der Waals surface area contributed by atoms with E-state index in [1.807, 2.05) is 0 Å². The Balaban J connectivity index is 2.92. The number of amides is 5. The van der Waals surface area contributed by atoms with Gasteiger partial charge in [-0.3, -0.25) is 14.4 Å². The van der Waals surface area contributed by atoms with Crippen molar-refractivity contribution in [2.24, 2.45) is 23.0 Å². The van der Waals surface area contributed by atoms with Gasteiger partial charge in [-0.05, 0) is 33.1 Å². The molecule has 0 radical (unpaired) electrons. The molecule has 1 rings (SSSR count). The number of nitrogens with zero attached hydrogens (tertiary/aromatic N) is 2. The Morgan fingerprint density at radius 1 is 1.26 bits per heavy atom. The van der Waals surface area contributed by atoms with Gasteiger partial charge in [0.05, 0.1) is 30.9 Å². The predicted octanol–water partition coefficient (Wildman–Crippen LogP) is -3.90. The molecule has 4 unspecified atom stereocenters. The summed E-state index contributed by atoms with van der Waals surface area (Å²) in [7, 11) is 0. The van der Waals surface area contributed by atoms with Crippen LogP contribution in [0.2, 0.25) is 0 Å². The molecule has 0 aromatic rings. The summed E-state index contributed by atoms with van der Waals surface area (Å²) in [5.41, 5.74) is 15.2. The van der Waals surface area contributed by atoms with E-state index in [2.05, 4.69) is 21.9 Å². The quantitative estimate of drug-likeness (QED) is 0.0448. The summed E-state index contributed by atoms with van der Waals surface area (Å²) in [5, 5.41) is 29.6. The van der Waals surface area contributed by atoms with Crippen LogP contribution in [0.5, 0.6) is 0 Å². The van der Waals surface area contributed by atoms with E-state index in [4.69, 9.17) is 29.5 Å². The second kappa shape index (κ2) is 15.0. The van der Waals surface area contributed by atoms with Gasteiger partial charge in [0.2, 0.25) is 17.7 Å². The Morgan fingerprint density at radius 2 is 1.92 bits per heavy atom. The molecule has 4 atom stereocenters. The van der Waals surface area contributed by atoms with Crippen molar-refractivity contribution < 1.29 is 29.4 Å². The Kier molecular flexibility index (Phi) is 12.8. The summed E-state index contributed by atoms with van der Waals surface area (Å²) >= 11 is 0. The van der Waals surface area contributed by atoms with Crippen LogP contribution in [0.25, 0.3) is 0 Å². The number of aliphatic hydroxyl groups is 2. The normalized spacial score (nSPS) is 19.2. The second-order valence-corrected chi connectivity index (χ2v) is 9.45. The highest BCUT2D eigenvalue weighted by Gasteiger charge is 2.43. The van der Waals surface area contributed by atoms with Gasteiger partial charge in [0.15, 0.2) is 6.10 Å². The minimum atomic E-state index is -1.69. The van der Waals surface area contributed by atoms with Crippen molar-refractivity contribution in [3.05, 3.63) is 11.9 Å². The molecule has 1 fully saturated rings. The maximum atomic E-state index is 13.3. The van der Waals surface area contributed by atoms with Gasteiger partial charge in [-0.25, -0.2) is 10.6 Å². The predicted molar refractivity (Wildman–Crippen MR) is 139 cm³/mol. The average molecular weight is 540 g/mol. The average Bonchev–Trinajstić information content (AvgIpc) is 3.30. The molecule has 214 valence electrons. The summed E-state index contributed by atoms with van der Waals surface area (Å²) in [6, 6.07) is -3.09. The number of rotatable bonds is 14. The molecule has 1 aliphatic heterocycles. The molecule has 1 heterocycles. The third-order valence-electron chi connectivity index (χ3n) is 6.11. The minimum Gasteiger partial charge on any atom is -0.403 e. The molecule has 1 saturated heterocycles. The lowest BCUT2D eigenvalue weighted by atomic mass is 10.0. The van der Waals surface area contributed by atoms with E-state index in [0.717, 1.165) is 6.20 Å². The van der Waals surface area contributed by atoms with Gasteiger partial charge >= 0.3 is 6.03 Å². The monoisotopic (exact) mass is 539 g/mol. The van der Waals surface area contributed by atoms with Crippen LogP contribution in [0.4, 0.5) is 4.79 Å². The van der Waals surface area contributed by atoms with Crippen molar-refractivity contribution >= 4 is 23.8 Å². The third-order valence-corrected chi connectivity index (χ3v) is 6.11. The molecule has 1 aliphatic rings. The fourth-order valence-corrected chi connectivity index (χ4v) is 4.13. The van der Waals surface area contributed by atoms with Gasteiger partial charge in [-0.2, -0.15) is 0 Å². The van der Waals surface area contributed by atoms with Crippen molar-refractivity contribution in [1.82, 2.24) is 25.9 Å². The Hall–Kier alpha value is -3.58. The Bertz CT molecular complexity index is 914. The molecule has 0 aliphatic carbocycles. The summed E-state index contributed by atoms with van der Waals surface area (Å²) < 4.78 is 0. The van der Waals surface area contributed by atoms with Crippen molar-refractivity contribution in [1.29, 1.82) is 0 Å². The number of aliphatic hydroxyl groups excluding tert-OH is 1. The van der Waals surface area contributed by atoms with Crippen molar-refractivity contribution in [2.45, 2.75) is 69.4 Å². The molecule has 15 nitrogen and oxygen atoms in total. The first kappa shape index (κ1) is 32.4. The van der Waals surface area contributed by atoms with Gasteiger partial charge in [-0.1, -0.05) is 5.92 Å². The molecule has 13 N–H and O–H groups in total. The number of urea groups is 1. The number of hydrogen-bond donors (Lipinski definition) is 9. The van der Waals surface area contributed by atoms with Crippen LogP contribution in [0.3, 0.4) is 0 Å². The van der Waals surface area contributed by atoms with Crippen molar-refractivity contribution in [2.75, 3.05) is 26.2 Å². The van der Waals surface area contributed by atoms with E-state index in [0.29, 0.717) is 12.8 Å². The Morgan fingerprint density at radius 3 is 2.45 bits per heavy atom. The van der Waals surface area contributed by atoms with Crippen LogP contribution in [0.15, 0.2) is 11.9 Å². The largest absolute Gasteiger partial charge is 0.403 e. The maximum Gasteiger partial charge on any atom is 0.315 e. The highest BCUT2D eigenvalue weighted by Crippen LogP contribution is 2.27. The van der Waals surface area contributed by atoms with Crippen LogP contribution in [0, 0.1) is 12.3 Å². The second-order valence-electron chi connectivity index (χ2n) is 9.45. The summed E-state index contributed by atoms with van der Waals surface area (Å²) in [5.74, 6) is 6.29. The molecule has 38 heavy (non-hydrogen) atoms. The van der Waals surface area contributed by atoms with Crippen LogP contribution >= 0.6 is 0 Å². The summed E-state index contributed by atoms with van der Waals surface area (Å²) in [6.07, 6.45) is 5.65. The van der Waals surface area contributed by atoms with Gasteiger partial charge in [0.25, 0.3) is 0 Å². The third kappa shape index (κ3) is 9.38. The molecular formula is C23H41N9O6. The van der Waals surface area contributed by atoms with E-state index in [9.17, 15) is 29.4 Å². The van der Waals surface area contributed by atoms with Gasteiger partial charge in [0, 0.05) is 25.7 Å². The number of likely N-dealkylation sites (tertiary alicyclic amines) is 1. The fourth-order valence-electron chi connectivity index (χ4n) is 4.13. The fraction of sp³-hybridized carbons (Fsp3) is 0.652. The molecule has 0 saturated carbocycles. The van der Waals surface area contributed by atoms with Gasteiger partial charge in [0.1, 0.15) is 11.6 Å². The van der Waals surface area contributed by atoms with Crippen LogP contribution in [-0.2, 0) is 14.4 Å². The zero-order valence-electron chi connectivity index (χ0n) is 21.9. The van der Waals surface area contributed by atoms with Gasteiger partial charge in [-0.15, -0.1) is 6.42 Å². The zero-order chi connectivity index (χ0) is 29.0. The number of terminal acetylenes is 1. The zero-order valence-corrected chi connectivity index (χ0v) is 21.9. The smallest absolute Gasteiger partial charge is 0.315 e. The first-order valence-electron chi connectivity index (χ1n) is 12.2. The highest BCUT2D eigenvalue weighted by molar-refractivity contribution is 5.90. The SMILES string of the molecule is C#CCNC(=O)NCCCCC(NC(=O)C1CC(N(N)/C(=C\N)C(C)(C)O)CN1C(=O)CN)C(O)C(N)=O. The molecular weight excluding hydrogens is 498 g/mol. The van der Waals surface area contributed by atoms with Crippen LogP contribution in [-0.4, -0.2) is 99.9 Å². The minimum absolute atomic E-state index is 0.0223. The van der Waals surface area contributed by atoms with E-state index in [1.54, 1.807) is 0 Å². The lowest BCUT2D eigenvalue weighted by Crippen LogP contribution is -2.55. The summed E-state index contributed by atoms with van der Waals surface area (Å²) in [6.45, 7) is 3.01. The summed E-state index contributed by atoms with van der Waals surface area (Å²) in [4.78, 5) is 50.3. The number of primary amides is 1. The molecule has 0 bridgehead atoms. The topological polar surface area (TPSA) is 255 Å². The lowest BCUT2D eigenvalue weighted by molar-refractivity contribution is -0.139. The van der Waals surface area contributed by atoms with E-state index in [1.165, 1.54) is 23.8 Å². The van der Waals surface area contributed by atoms with Gasteiger partial charge < -0.3 is 53.3 Å². The number of nitrogens with two attached hydrogens (primary N) is 4. The van der Waals surface area contributed by atoms with Crippen molar-refractivity contribution in [3.8, 4) is 12.3 Å².